The van der Waals surface area contributed by atoms with E-state index in [-0.39, 0.29) is 0 Å². The first-order chi connectivity index (χ1) is 33.0. The highest BCUT2D eigenvalue weighted by Crippen LogP contribution is 2.40. The molecule has 5 nitrogen and oxygen atoms in total. The molecule has 0 spiro atoms. The number of para-hydroxylation sites is 6. The molecule has 0 fully saturated rings. The second kappa shape index (κ2) is 16.2. The summed E-state index contributed by atoms with van der Waals surface area (Å²) in [4.78, 5) is 4.34. The Balaban J connectivity index is 0.827. The maximum absolute atomic E-state index is 8.47. The molecule has 12 aromatic rings. The van der Waals surface area contributed by atoms with Crippen LogP contribution in [0.25, 0.3) is 55.0 Å². The van der Waals surface area contributed by atoms with Gasteiger partial charge in [-0.15, -0.1) is 0 Å². The highest BCUT2D eigenvalue weighted by molar-refractivity contribution is 6.10. The minimum absolute atomic E-state index is 0.440. The summed E-state index contributed by atoms with van der Waals surface area (Å²) in [6.07, 6.45) is 0. The summed E-state index contributed by atoms with van der Waals surface area (Å²) in [5.41, 5.74) is 12.4. The number of ether oxygens (including phenoxy) is 1. The molecular weight excluding hydrogens is 793 g/mol. The standard InChI is InChI=1S/C60H42N4O/c1-3-15-43(16-4-1)61(45-27-31-49(32-28-45)63-57-23-11-7-19-53(57)54-20-8-12-24-58(54)63)47-35-39-51(40-36-47)65-52-41-37-48(38-42-52)62(44-17-5-2-6-18-44)46-29-33-50(34-30-46)64-59-25-13-9-21-55(59)56-22-10-14-26-60(56)64/h1-42H/i3T,5T. The second-order valence-electron chi connectivity index (χ2n) is 16.1. The van der Waals surface area contributed by atoms with Crippen molar-refractivity contribution in [2.45, 2.75) is 0 Å². The highest BCUT2D eigenvalue weighted by atomic mass is 16.5. The summed E-state index contributed by atoms with van der Waals surface area (Å²) in [5, 5.41) is 4.91. The Morgan fingerprint density at radius 1 is 0.277 bits per heavy atom. The van der Waals surface area contributed by atoms with Crippen molar-refractivity contribution >= 4 is 77.7 Å². The molecule has 0 saturated carbocycles. The fourth-order valence-electron chi connectivity index (χ4n) is 9.31. The summed E-state index contributed by atoms with van der Waals surface area (Å²) >= 11 is 0. The van der Waals surface area contributed by atoms with Gasteiger partial charge in [0.2, 0.25) is 0 Å². The SMILES string of the molecule is [3H]c1cccc(N(c2ccc(Oc3ccc(N(c4ccc(-n5c6ccccc6c6ccccc65)cc4)c4cccc([3H])c4)cc3)cc2)c2ccc(-n3c4ccccc4c4ccccc43)cc2)c1. The third-order valence-corrected chi connectivity index (χ3v) is 12.2. The van der Waals surface area contributed by atoms with Crippen LogP contribution in [0.1, 0.15) is 2.74 Å². The predicted molar refractivity (Wildman–Crippen MR) is 271 cm³/mol. The van der Waals surface area contributed by atoms with Gasteiger partial charge in [-0.25, -0.2) is 0 Å². The lowest BCUT2D eigenvalue weighted by Crippen LogP contribution is -2.10. The number of anilines is 6. The molecule has 0 aliphatic rings. The van der Waals surface area contributed by atoms with Gasteiger partial charge in [0.15, 0.2) is 0 Å². The average Bonchev–Trinajstić information content (AvgIpc) is 3.89. The van der Waals surface area contributed by atoms with E-state index in [1.54, 1.807) is 12.1 Å². The fraction of sp³-hybridized carbons (Fsp3) is 0. The van der Waals surface area contributed by atoms with E-state index in [0.717, 1.165) is 45.5 Å². The summed E-state index contributed by atoms with van der Waals surface area (Å²) in [6, 6.07) is 83.7. The number of hydrogen-bond donors (Lipinski definition) is 0. The van der Waals surface area contributed by atoms with Crippen molar-refractivity contribution in [3.8, 4) is 22.9 Å². The van der Waals surface area contributed by atoms with E-state index in [1.807, 2.05) is 60.7 Å². The Morgan fingerprint density at radius 3 is 0.877 bits per heavy atom. The molecule has 0 saturated heterocycles. The largest absolute Gasteiger partial charge is 0.457 e. The van der Waals surface area contributed by atoms with Crippen molar-refractivity contribution in [2.75, 3.05) is 9.80 Å². The third-order valence-electron chi connectivity index (χ3n) is 12.2. The minimum Gasteiger partial charge on any atom is -0.457 e. The fourth-order valence-corrected chi connectivity index (χ4v) is 9.31. The van der Waals surface area contributed by atoms with Gasteiger partial charge >= 0.3 is 0 Å². The van der Waals surface area contributed by atoms with E-state index in [2.05, 4.69) is 189 Å². The number of aromatic nitrogens is 2. The summed E-state index contributed by atoms with van der Waals surface area (Å²) in [6.45, 7) is 0. The summed E-state index contributed by atoms with van der Waals surface area (Å²) in [7, 11) is 0. The number of hydrogen-bond acceptors (Lipinski definition) is 3. The zero-order chi connectivity index (χ0) is 44.8. The number of rotatable bonds is 10. The minimum atomic E-state index is 0.440. The molecule has 0 unspecified atom stereocenters. The molecule has 10 aromatic carbocycles. The first kappa shape index (κ1) is 35.8. The quantitative estimate of drug-likeness (QED) is 0.137. The van der Waals surface area contributed by atoms with Crippen LogP contribution in [0.15, 0.2) is 255 Å². The molecule has 2 heterocycles. The van der Waals surface area contributed by atoms with Crippen molar-refractivity contribution in [2.24, 2.45) is 0 Å². The van der Waals surface area contributed by atoms with Gasteiger partial charge in [0.05, 0.1) is 24.8 Å². The second-order valence-corrected chi connectivity index (χ2v) is 16.1. The first-order valence-corrected chi connectivity index (χ1v) is 21.8. The van der Waals surface area contributed by atoms with Crippen LogP contribution in [0.5, 0.6) is 11.5 Å². The van der Waals surface area contributed by atoms with Gasteiger partial charge in [0.25, 0.3) is 0 Å². The van der Waals surface area contributed by atoms with Gasteiger partial charge in [0, 0.05) is 67.0 Å². The molecule has 0 aliphatic carbocycles. The maximum Gasteiger partial charge on any atom is 0.127 e. The van der Waals surface area contributed by atoms with Gasteiger partial charge in [-0.05, 0) is 146 Å². The van der Waals surface area contributed by atoms with E-state index < -0.39 is 0 Å². The molecule has 0 bridgehead atoms. The molecule has 0 N–H and O–H groups in total. The number of nitrogens with zero attached hydrogens (tertiary/aromatic N) is 4. The highest BCUT2D eigenvalue weighted by Gasteiger charge is 2.18. The Hall–Kier alpha value is -8.80. The molecule has 0 aliphatic heterocycles. The molecule has 308 valence electrons. The zero-order valence-electron chi connectivity index (χ0n) is 37.3. The Labute approximate surface area is 380 Å². The van der Waals surface area contributed by atoms with Gasteiger partial charge in [-0.1, -0.05) is 109 Å². The lowest BCUT2D eigenvalue weighted by Gasteiger charge is -2.26. The van der Waals surface area contributed by atoms with Crippen LogP contribution >= 0.6 is 0 Å². The molecule has 0 radical (unpaired) electrons. The van der Waals surface area contributed by atoms with Crippen LogP contribution in [-0.4, -0.2) is 9.13 Å². The lowest BCUT2D eigenvalue weighted by molar-refractivity contribution is 0.483. The summed E-state index contributed by atoms with van der Waals surface area (Å²) in [5.74, 6) is 1.40. The van der Waals surface area contributed by atoms with Gasteiger partial charge in [-0.2, -0.15) is 0 Å². The molecule has 0 atom stereocenters. The monoisotopic (exact) mass is 838 g/mol. The van der Waals surface area contributed by atoms with Crippen molar-refractivity contribution in [3.05, 3.63) is 255 Å². The van der Waals surface area contributed by atoms with E-state index in [1.165, 1.54) is 43.6 Å². The zero-order valence-corrected chi connectivity index (χ0v) is 35.3. The topological polar surface area (TPSA) is 25.6 Å². The van der Waals surface area contributed by atoms with E-state index in [4.69, 9.17) is 7.48 Å². The first-order valence-electron chi connectivity index (χ1n) is 22.8. The molecule has 12 rings (SSSR count). The van der Waals surface area contributed by atoms with Crippen LogP contribution in [-0.2, 0) is 0 Å². The van der Waals surface area contributed by atoms with Gasteiger partial charge in [0.1, 0.15) is 11.5 Å². The number of benzene rings is 10. The van der Waals surface area contributed by atoms with Crippen LogP contribution in [0, 0.1) is 0 Å². The van der Waals surface area contributed by atoms with Crippen LogP contribution in [0.3, 0.4) is 0 Å². The smallest absolute Gasteiger partial charge is 0.127 e. The van der Waals surface area contributed by atoms with E-state index in [0.29, 0.717) is 23.6 Å². The molecule has 5 heteroatoms. The average molecular weight is 839 g/mol. The van der Waals surface area contributed by atoms with Crippen LogP contribution in [0.4, 0.5) is 34.1 Å². The van der Waals surface area contributed by atoms with Crippen molar-refractivity contribution < 1.29 is 7.48 Å². The lowest BCUT2D eigenvalue weighted by atomic mass is 10.1. The molecular formula is C60H42N4O. The Morgan fingerprint density at radius 2 is 0.554 bits per heavy atom. The molecule has 2 aromatic heterocycles. The van der Waals surface area contributed by atoms with Crippen molar-refractivity contribution in [1.29, 1.82) is 0 Å². The maximum atomic E-state index is 8.47. The predicted octanol–water partition coefficient (Wildman–Crippen LogP) is 16.6. The van der Waals surface area contributed by atoms with Crippen molar-refractivity contribution in [3.63, 3.8) is 0 Å². The normalized spacial score (nSPS) is 11.8. The Bertz CT molecular complexity index is 3390. The van der Waals surface area contributed by atoms with E-state index in [9.17, 15) is 0 Å². The van der Waals surface area contributed by atoms with Gasteiger partial charge < -0.3 is 23.7 Å². The molecule has 65 heavy (non-hydrogen) atoms. The van der Waals surface area contributed by atoms with E-state index >= 15 is 0 Å². The number of fused-ring (bicyclic) bond motifs is 6. The summed E-state index contributed by atoms with van der Waals surface area (Å²) < 4.78 is 28.0. The van der Waals surface area contributed by atoms with Crippen molar-refractivity contribution in [1.82, 2.24) is 9.13 Å². The van der Waals surface area contributed by atoms with Crippen LogP contribution in [0.2, 0.25) is 0 Å². The Kier molecular flexibility index (Phi) is 8.89. The third kappa shape index (κ3) is 6.83. The van der Waals surface area contributed by atoms with Crippen LogP contribution < -0.4 is 14.5 Å². The van der Waals surface area contributed by atoms with Gasteiger partial charge in [-0.3, -0.25) is 0 Å². The molecule has 0 amide bonds.